The van der Waals surface area contributed by atoms with Crippen LogP contribution in [0.5, 0.6) is 0 Å². The zero-order valence-corrected chi connectivity index (χ0v) is 9.87. The van der Waals surface area contributed by atoms with Gasteiger partial charge in [-0.25, -0.2) is 4.39 Å². The number of hydrogen-bond acceptors (Lipinski definition) is 1. The molecule has 0 spiro atoms. The molecule has 0 atom stereocenters. The van der Waals surface area contributed by atoms with Gasteiger partial charge in [0, 0.05) is 15.6 Å². The molecule has 0 radical (unpaired) electrons. The zero-order valence-electron chi connectivity index (χ0n) is 8.28. The van der Waals surface area contributed by atoms with Crippen LogP contribution in [-0.4, -0.2) is 6.29 Å². The van der Waals surface area contributed by atoms with Gasteiger partial charge in [0.15, 0.2) is 0 Å². The minimum absolute atomic E-state index is 0.326. The topological polar surface area (TPSA) is 17.1 Å². The van der Waals surface area contributed by atoms with Gasteiger partial charge in [-0.2, -0.15) is 0 Å². The monoisotopic (exact) mass is 278 g/mol. The van der Waals surface area contributed by atoms with Crippen LogP contribution in [0.3, 0.4) is 0 Å². The van der Waals surface area contributed by atoms with Crippen LogP contribution in [0.25, 0.3) is 11.1 Å². The molecule has 0 aliphatic rings. The molecular weight excluding hydrogens is 271 g/mol. The first kappa shape index (κ1) is 11.0. The van der Waals surface area contributed by atoms with Crippen molar-refractivity contribution in [3.05, 3.63) is 58.3 Å². The van der Waals surface area contributed by atoms with E-state index in [1.807, 2.05) is 12.1 Å². The molecule has 16 heavy (non-hydrogen) atoms. The van der Waals surface area contributed by atoms with Crippen molar-refractivity contribution in [2.75, 3.05) is 0 Å². The van der Waals surface area contributed by atoms with E-state index in [4.69, 9.17) is 0 Å². The third-order valence-corrected chi connectivity index (χ3v) is 2.81. The predicted molar refractivity (Wildman–Crippen MR) is 64.9 cm³/mol. The minimum atomic E-state index is -0.326. The van der Waals surface area contributed by atoms with E-state index in [1.54, 1.807) is 18.2 Å². The first-order valence-electron chi connectivity index (χ1n) is 4.71. The molecule has 0 unspecified atom stereocenters. The van der Waals surface area contributed by atoms with E-state index in [0.29, 0.717) is 17.4 Å². The second-order valence-electron chi connectivity index (χ2n) is 3.36. The smallest absolute Gasteiger partial charge is 0.150 e. The molecule has 0 aliphatic heterocycles. The summed E-state index contributed by atoms with van der Waals surface area (Å²) in [6, 6.07) is 11.6. The zero-order chi connectivity index (χ0) is 11.5. The number of carbonyl (C=O) groups excluding carboxylic acids is 1. The maximum absolute atomic E-state index is 13.6. The molecule has 1 nitrogen and oxygen atoms in total. The number of aldehydes is 1. The van der Waals surface area contributed by atoms with E-state index >= 15 is 0 Å². The average Bonchev–Trinajstić information content (AvgIpc) is 2.31. The van der Waals surface area contributed by atoms with Crippen LogP contribution in [-0.2, 0) is 0 Å². The van der Waals surface area contributed by atoms with Gasteiger partial charge < -0.3 is 0 Å². The number of hydrogen-bond donors (Lipinski definition) is 0. The van der Waals surface area contributed by atoms with Crippen molar-refractivity contribution in [2.45, 2.75) is 0 Å². The first-order chi connectivity index (χ1) is 7.70. The molecule has 0 fully saturated rings. The molecule has 0 aliphatic carbocycles. The van der Waals surface area contributed by atoms with Gasteiger partial charge in [0.05, 0.1) is 0 Å². The highest BCUT2D eigenvalue weighted by molar-refractivity contribution is 9.10. The van der Waals surface area contributed by atoms with Gasteiger partial charge in [0.1, 0.15) is 12.1 Å². The molecule has 0 heterocycles. The van der Waals surface area contributed by atoms with Gasteiger partial charge in [-0.05, 0) is 35.9 Å². The second kappa shape index (κ2) is 4.58. The van der Waals surface area contributed by atoms with Crippen molar-refractivity contribution >= 4 is 22.2 Å². The molecule has 0 saturated carbocycles. The summed E-state index contributed by atoms with van der Waals surface area (Å²) in [6.45, 7) is 0. The van der Waals surface area contributed by atoms with Crippen LogP contribution in [0.2, 0.25) is 0 Å². The van der Waals surface area contributed by atoms with Gasteiger partial charge >= 0.3 is 0 Å². The Hall–Kier alpha value is -1.48. The SMILES string of the molecule is O=Cc1ccc(F)c(-c2ccc(Br)cc2)c1. The Morgan fingerprint density at radius 2 is 1.75 bits per heavy atom. The maximum atomic E-state index is 13.6. The quantitative estimate of drug-likeness (QED) is 0.757. The van der Waals surface area contributed by atoms with Crippen LogP contribution in [0.1, 0.15) is 10.4 Å². The van der Waals surface area contributed by atoms with Gasteiger partial charge in [-0.3, -0.25) is 4.79 Å². The van der Waals surface area contributed by atoms with Gasteiger partial charge in [-0.1, -0.05) is 28.1 Å². The Kier molecular flexibility index (Phi) is 3.15. The van der Waals surface area contributed by atoms with Gasteiger partial charge in [0.2, 0.25) is 0 Å². The van der Waals surface area contributed by atoms with Crippen LogP contribution >= 0.6 is 15.9 Å². The lowest BCUT2D eigenvalue weighted by atomic mass is 10.0. The molecule has 80 valence electrons. The summed E-state index contributed by atoms with van der Waals surface area (Å²) in [7, 11) is 0. The van der Waals surface area contributed by atoms with E-state index in [0.717, 1.165) is 10.0 Å². The number of rotatable bonds is 2. The fourth-order valence-corrected chi connectivity index (χ4v) is 1.73. The highest BCUT2D eigenvalue weighted by atomic mass is 79.9. The normalized spacial score (nSPS) is 10.1. The van der Waals surface area contributed by atoms with Crippen molar-refractivity contribution < 1.29 is 9.18 Å². The van der Waals surface area contributed by atoms with Crippen LogP contribution < -0.4 is 0 Å². The first-order valence-corrected chi connectivity index (χ1v) is 5.50. The standard InChI is InChI=1S/C13H8BrFO/c14-11-4-2-10(3-5-11)12-7-9(8-16)1-6-13(12)15/h1-8H. The summed E-state index contributed by atoms with van der Waals surface area (Å²) in [5.41, 5.74) is 1.67. The molecule has 2 aromatic rings. The Balaban J connectivity index is 2.54. The highest BCUT2D eigenvalue weighted by Crippen LogP contribution is 2.25. The van der Waals surface area contributed by atoms with Crippen LogP contribution in [0.4, 0.5) is 4.39 Å². The molecule has 3 heteroatoms. The third-order valence-electron chi connectivity index (χ3n) is 2.28. The van der Waals surface area contributed by atoms with E-state index in [2.05, 4.69) is 15.9 Å². The van der Waals surface area contributed by atoms with Crippen molar-refractivity contribution in [2.24, 2.45) is 0 Å². The Morgan fingerprint density at radius 1 is 1.06 bits per heavy atom. The molecule has 0 bridgehead atoms. The van der Waals surface area contributed by atoms with Crippen LogP contribution in [0.15, 0.2) is 46.9 Å². The van der Waals surface area contributed by atoms with Crippen molar-refractivity contribution in [3.8, 4) is 11.1 Å². The number of halogens is 2. The average molecular weight is 279 g/mol. The lowest BCUT2D eigenvalue weighted by molar-refractivity contribution is 0.112. The summed E-state index contributed by atoms with van der Waals surface area (Å²) in [5.74, 6) is -0.326. The van der Waals surface area contributed by atoms with E-state index in [9.17, 15) is 9.18 Å². The third kappa shape index (κ3) is 2.19. The largest absolute Gasteiger partial charge is 0.298 e. The van der Waals surface area contributed by atoms with Crippen LogP contribution in [0, 0.1) is 5.82 Å². The molecule has 0 saturated heterocycles. The van der Waals surface area contributed by atoms with Gasteiger partial charge in [-0.15, -0.1) is 0 Å². The molecule has 0 aromatic heterocycles. The Labute approximate surface area is 101 Å². The molecular formula is C13H8BrFO. The second-order valence-corrected chi connectivity index (χ2v) is 4.28. The van der Waals surface area contributed by atoms with E-state index in [1.165, 1.54) is 12.1 Å². The summed E-state index contributed by atoms with van der Waals surface area (Å²) in [6.07, 6.45) is 0.710. The molecule has 2 aromatic carbocycles. The van der Waals surface area contributed by atoms with Gasteiger partial charge in [0.25, 0.3) is 0 Å². The lowest BCUT2D eigenvalue weighted by Gasteiger charge is -2.04. The summed E-state index contributed by atoms with van der Waals surface area (Å²) in [5, 5.41) is 0. The van der Waals surface area contributed by atoms with Crippen molar-refractivity contribution in [1.29, 1.82) is 0 Å². The molecule has 2 rings (SSSR count). The Morgan fingerprint density at radius 3 is 2.38 bits per heavy atom. The number of benzene rings is 2. The minimum Gasteiger partial charge on any atom is -0.298 e. The fraction of sp³-hybridized carbons (Fsp3) is 0. The Bertz CT molecular complexity index is 520. The van der Waals surface area contributed by atoms with Crippen molar-refractivity contribution in [1.82, 2.24) is 0 Å². The summed E-state index contributed by atoms with van der Waals surface area (Å²) < 4.78 is 14.5. The predicted octanol–water partition coefficient (Wildman–Crippen LogP) is 4.07. The lowest BCUT2D eigenvalue weighted by Crippen LogP contribution is -1.87. The van der Waals surface area contributed by atoms with E-state index < -0.39 is 0 Å². The summed E-state index contributed by atoms with van der Waals surface area (Å²) >= 11 is 3.31. The molecule has 0 amide bonds. The number of carbonyl (C=O) groups is 1. The van der Waals surface area contributed by atoms with Crippen molar-refractivity contribution in [3.63, 3.8) is 0 Å². The fourth-order valence-electron chi connectivity index (χ4n) is 1.47. The maximum Gasteiger partial charge on any atom is 0.150 e. The molecule has 0 N–H and O–H groups in total. The highest BCUT2D eigenvalue weighted by Gasteiger charge is 2.05. The van der Waals surface area contributed by atoms with E-state index in [-0.39, 0.29) is 5.82 Å². The summed E-state index contributed by atoms with van der Waals surface area (Å²) in [4.78, 5) is 10.6.